The van der Waals surface area contributed by atoms with Crippen LogP contribution in [-0.4, -0.2) is 30.4 Å². The minimum atomic E-state index is -0.0239. The monoisotopic (exact) mass is 379 g/mol. The van der Waals surface area contributed by atoms with E-state index in [2.05, 4.69) is 46.8 Å². The number of hydrogen-bond acceptors (Lipinski definition) is 3. The highest BCUT2D eigenvalue weighted by Gasteiger charge is 2.18. The molecule has 0 aliphatic heterocycles. The van der Waals surface area contributed by atoms with Gasteiger partial charge in [-0.15, -0.1) is 0 Å². The lowest BCUT2D eigenvalue weighted by Crippen LogP contribution is -2.33. The van der Waals surface area contributed by atoms with Gasteiger partial charge in [-0.25, -0.2) is 0 Å². The third-order valence-corrected chi connectivity index (χ3v) is 5.74. The third kappa shape index (κ3) is 5.59. The molecule has 3 rings (SSSR count). The molecule has 2 aromatic carbocycles. The molecule has 1 aliphatic rings. The molecule has 0 bridgehead atoms. The molecule has 4 heteroatoms. The number of aryl methyl sites for hydroxylation is 2. The molecule has 2 aromatic rings. The average Bonchev–Trinajstić information content (AvgIpc) is 2.71. The first kappa shape index (κ1) is 20.4. The molecule has 2 N–H and O–H groups in total. The fourth-order valence-corrected chi connectivity index (χ4v) is 3.99. The van der Waals surface area contributed by atoms with Crippen LogP contribution in [0, 0.1) is 13.8 Å². The van der Waals surface area contributed by atoms with E-state index >= 15 is 0 Å². The van der Waals surface area contributed by atoms with Gasteiger partial charge in [0, 0.05) is 24.0 Å². The summed E-state index contributed by atoms with van der Waals surface area (Å²) in [6.07, 6.45) is 6.65. The van der Waals surface area contributed by atoms with Gasteiger partial charge in [-0.1, -0.05) is 49.6 Å². The molecule has 0 radical (unpaired) electrons. The number of para-hydroxylation sites is 1. The Labute approximate surface area is 169 Å². The van der Waals surface area contributed by atoms with Crippen molar-refractivity contribution in [3.8, 4) is 0 Å². The molecule has 0 aromatic heterocycles. The van der Waals surface area contributed by atoms with Crippen LogP contribution in [0.4, 0.5) is 11.4 Å². The van der Waals surface area contributed by atoms with Crippen molar-refractivity contribution < 1.29 is 4.79 Å². The number of carbonyl (C=O) groups excluding carboxylic acids is 1. The van der Waals surface area contributed by atoms with E-state index in [1.54, 1.807) is 0 Å². The summed E-state index contributed by atoms with van der Waals surface area (Å²) in [5.41, 5.74) is 5.40. The lowest BCUT2D eigenvalue weighted by Gasteiger charge is -2.31. The molecule has 150 valence electrons. The maximum Gasteiger partial charge on any atom is 0.243 e. The summed E-state index contributed by atoms with van der Waals surface area (Å²) in [5, 5.41) is 6.36. The van der Waals surface area contributed by atoms with Crippen molar-refractivity contribution in [3.63, 3.8) is 0 Å². The van der Waals surface area contributed by atoms with Crippen LogP contribution < -0.4 is 10.6 Å². The van der Waals surface area contributed by atoms with Crippen LogP contribution in [0.25, 0.3) is 0 Å². The van der Waals surface area contributed by atoms with E-state index in [0.29, 0.717) is 6.04 Å². The standard InChI is InChI=1S/C24H33N3O/c1-18-13-14-19(2)23(15-18)26-24(28)16-25-22-12-8-7-9-20(22)17-27(3)21-10-5-4-6-11-21/h7-9,12-15,21,25H,4-6,10-11,16-17H2,1-3H3,(H,26,28). The fourth-order valence-electron chi connectivity index (χ4n) is 3.99. The summed E-state index contributed by atoms with van der Waals surface area (Å²) in [7, 11) is 2.22. The number of nitrogens with one attached hydrogen (secondary N) is 2. The molecule has 0 saturated heterocycles. The summed E-state index contributed by atoms with van der Waals surface area (Å²) in [6.45, 7) is 5.22. The van der Waals surface area contributed by atoms with Crippen LogP contribution in [0.2, 0.25) is 0 Å². The third-order valence-electron chi connectivity index (χ3n) is 5.74. The maximum atomic E-state index is 12.4. The van der Waals surface area contributed by atoms with Crippen LogP contribution in [-0.2, 0) is 11.3 Å². The lowest BCUT2D eigenvalue weighted by atomic mass is 9.94. The molecule has 1 amide bonds. The van der Waals surface area contributed by atoms with Crippen LogP contribution in [0.5, 0.6) is 0 Å². The molecule has 1 aliphatic carbocycles. The van der Waals surface area contributed by atoms with Gasteiger partial charge in [0.05, 0.1) is 6.54 Å². The van der Waals surface area contributed by atoms with E-state index < -0.39 is 0 Å². The van der Waals surface area contributed by atoms with Gasteiger partial charge >= 0.3 is 0 Å². The van der Waals surface area contributed by atoms with E-state index in [0.717, 1.165) is 29.0 Å². The van der Waals surface area contributed by atoms with Crippen LogP contribution in [0.1, 0.15) is 48.8 Å². The average molecular weight is 380 g/mol. The van der Waals surface area contributed by atoms with Crippen molar-refractivity contribution in [2.24, 2.45) is 0 Å². The van der Waals surface area contributed by atoms with Gasteiger partial charge in [0.2, 0.25) is 5.91 Å². The zero-order valence-corrected chi connectivity index (χ0v) is 17.4. The quantitative estimate of drug-likeness (QED) is 0.702. The minimum absolute atomic E-state index is 0.0239. The maximum absolute atomic E-state index is 12.4. The number of nitrogens with zero attached hydrogens (tertiary/aromatic N) is 1. The normalized spacial score (nSPS) is 14.9. The Morgan fingerprint density at radius 3 is 2.57 bits per heavy atom. The summed E-state index contributed by atoms with van der Waals surface area (Å²) in [5.74, 6) is -0.0239. The zero-order chi connectivity index (χ0) is 19.9. The van der Waals surface area contributed by atoms with Gasteiger partial charge in [-0.05, 0) is 62.6 Å². The second kappa shape index (κ2) is 9.74. The van der Waals surface area contributed by atoms with Crippen molar-refractivity contribution in [2.75, 3.05) is 24.2 Å². The summed E-state index contributed by atoms with van der Waals surface area (Å²) in [4.78, 5) is 14.9. The van der Waals surface area contributed by atoms with Crippen molar-refractivity contribution in [1.82, 2.24) is 4.90 Å². The Hall–Kier alpha value is -2.33. The second-order valence-corrected chi connectivity index (χ2v) is 8.08. The van der Waals surface area contributed by atoms with Crippen LogP contribution in [0.3, 0.4) is 0 Å². The Bertz CT molecular complexity index is 796. The number of amides is 1. The molecule has 0 spiro atoms. The Balaban J connectivity index is 1.58. The topological polar surface area (TPSA) is 44.4 Å². The van der Waals surface area contributed by atoms with Crippen LogP contribution in [0.15, 0.2) is 42.5 Å². The highest BCUT2D eigenvalue weighted by atomic mass is 16.1. The molecular weight excluding hydrogens is 346 g/mol. The summed E-state index contributed by atoms with van der Waals surface area (Å²) < 4.78 is 0. The van der Waals surface area contributed by atoms with E-state index in [9.17, 15) is 4.79 Å². The largest absolute Gasteiger partial charge is 0.376 e. The molecule has 1 fully saturated rings. The molecule has 1 saturated carbocycles. The second-order valence-electron chi connectivity index (χ2n) is 8.08. The first-order chi connectivity index (χ1) is 13.5. The van der Waals surface area contributed by atoms with E-state index in [-0.39, 0.29) is 12.5 Å². The smallest absolute Gasteiger partial charge is 0.243 e. The highest BCUT2D eigenvalue weighted by Crippen LogP contribution is 2.25. The van der Waals surface area contributed by atoms with E-state index in [1.165, 1.54) is 37.7 Å². The minimum Gasteiger partial charge on any atom is -0.376 e. The van der Waals surface area contributed by atoms with E-state index in [1.807, 2.05) is 32.0 Å². The lowest BCUT2D eigenvalue weighted by molar-refractivity contribution is -0.114. The molecule has 0 heterocycles. The summed E-state index contributed by atoms with van der Waals surface area (Å²) >= 11 is 0. The first-order valence-electron chi connectivity index (χ1n) is 10.4. The Morgan fingerprint density at radius 1 is 1.04 bits per heavy atom. The number of hydrogen-bond donors (Lipinski definition) is 2. The molecule has 4 nitrogen and oxygen atoms in total. The highest BCUT2D eigenvalue weighted by molar-refractivity contribution is 5.94. The molecule has 28 heavy (non-hydrogen) atoms. The van der Waals surface area contributed by atoms with Gasteiger partial charge in [0.15, 0.2) is 0 Å². The predicted octanol–water partition coefficient (Wildman–Crippen LogP) is 5.12. The molecule has 0 unspecified atom stereocenters. The number of rotatable bonds is 7. The van der Waals surface area contributed by atoms with Gasteiger partial charge < -0.3 is 10.6 Å². The van der Waals surface area contributed by atoms with Gasteiger partial charge in [-0.2, -0.15) is 0 Å². The number of anilines is 2. The van der Waals surface area contributed by atoms with Crippen molar-refractivity contribution >= 4 is 17.3 Å². The van der Waals surface area contributed by atoms with Crippen LogP contribution >= 0.6 is 0 Å². The Morgan fingerprint density at radius 2 is 1.79 bits per heavy atom. The van der Waals surface area contributed by atoms with Crippen molar-refractivity contribution in [1.29, 1.82) is 0 Å². The number of carbonyl (C=O) groups is 1. The van der Waals surface area contributed by atoms with Crippen molar-refractivity contribution in [3.05, 3.63) is 59.2 Å². The Kier molecular flexibility index (Phi) is 7.10. The van der Waals surface area contributed by atoms with Gasteiger partial charge in [0.25, 0.3) is 0 Å². The SMILES string of the molecule is Cc1ccc(C)c(NC(=O)CNc2ccccc2CN(C)C2CCCCC2)c1. The molecule has 0 atom stereocenters. The molecular formula is C24H33N3O. The van der Waals surface area contributed by atoms with E-state index in [4.69, 9.17) is 0 Å². The van der Waals surface area contributed by atoms with Crippen molar-refractivity contribution in [2.45, 2.75) is 58.5 Å². The van der Waals surface area contributed by atoms with Gasteiger partial charge in [0.1, 0.15) is 0 Å². The predicted molar refractivity (Wildman–Crippen MR) is 118 cm³/mol. The summed E-state index contributed by atoms with van der Waals surface area (Å²) in [6, 6.07) is 15.1. The first-order valence-corrected chi connectivity index (χ1v) is 10.4. The fraction of sp³-hybridized carbons (Fsp3) is 0.458. The zero-order valence-electron chi connectivity index (χ0n) is 17.4. The van der Waals surface area contributed by atoms with Gasteiger partial charge in [-0.3, -0.25) is 9.69 Å². The number of benzene rings is 2.